The van der Waals surface area contributed by atoms with Gasteiger partial charge in [0.05, 0.1) is 13.2 Å². The first-order chi connectivity index (χ1) is 19.5. The van der Waals surface area contributed by atoms with E-state index in [2.05, 4.69) is 83.8 Å². The fraction of sp³-hybridized carbons (Fsp3) is 0.784. The van der Waals surface area contributed by atoms with Crippen LogP contribution in [0.15, 0.2) is 49.0 Å². The van der Waals surface area contributed by atoms with Gasteiger partial charge in [0.1, 0.15) is 0 Å². The molecule has 0 heterocycles. The van der Waals surface area contributed by atoms with Crippen LogP contribution in [0.2, 0.25) is 0 Å². The molecule has 4 heteroatoms. The highest BCUT2D eigenvalue weighted by molar-refractivity contribution is 4.94. The molecular weight excluding hydrogens is 502 g/mol. The van der Waals surface area contributed by atoms with Crippen LogP contribution in [0.25, 0.3) is 0 Å². The molecule has 1 atom stereocenters. The molecule has 0 aliphatic carbocycles. The molecule has 0 rings (SSSR count). The van der Waals surface area contributed by atoms with Gasteiger partial charge in [0.25, 0.3) is 0 Å². The van der Waals surface area contributed by atoms with E-state index in [1.54, 1.807) is 0 Å². The molecule has 0 saturated carbocycles. The Balaban J connectivity index is -0.00000344. The van der Waals surface area contributed by atoms with E-state index in [9.17, 15) is 0 Å². The van der Waals surface area contributed by atoms with Crippen molar-refractivity contribution in [2.45, 2.75) is 165 Å². The van der Waals surface area contributed by atoms with Gasteiger partial charge in [-0.05, 0) is 105 Å². The van der Waals surface area contributed by atoms with Crippen LogP contribution in [-0.4, -0.2) is 31.8 Å². The minimum atomic E-state index is 0.230. The van der Waals surface area contributed by atoms with Crippen LogP contribution in [-0.2, 0) is 4.74 Å². The second-order valence-corrected chi connectivity index (χ2v) is 11.8. The van der Waals surface area contributed by atoms with Gasteiger partial charge in [-0.1, -0.05) is 72.3 Å². The van der Waals surface area contributed by atoms with Crippen molar-refractivity contribution in [2.75, 3.05) is 19.8 Å². The molecule has 0 amide bonds. The maximum Gasteiger partial charge on any atom is 0.0522 e. The molecule has 244 valence electrons. The average Bonchev–Trinajstić information content (AvgIpc) is 2.91. The lowest BCUT2D eigenvalue weighted by Gasteiger charge is -2.35. The second kappa shape index (κ2) is 29.8. The Morgan fingerprint density at radius 2 is 1.05 bits per heavy atom. The summed E-state index contributed by atoms with van der Waals surface area (Å²) in [6.07, 6.45) is 15.0. The van der Waals surface area contributed by atoms with Crippen LogP contribution in [0.5, 0.6) is 0 Å². The summed E-state index contributed by atoms with van der Waals surface area (Å²) in [5, 5.41) is 10.2. The minimum absolute atomic E-state index is 0.230. The van der Waals surface area contributed by atoms with Crippen LogP contribution >= 0.6 is 0 Å². The maximum atomic E-state index is 6.40. The third-order valence-corrected chi connectivity index (χ3v) is 6.80. The van der Waals surface area contributed by atoms with E-state index in [4.69, 9.17) is 4.74 Å². The third kappa shape index (κ3) is 29.6. The number of ether oxygens (including phenoxy) is 1. The molecule has 0 aromatic heterocycles. The van der Waals surface area contributed by atoms with Crippen molar-refractivity contribution in [2.24, 2.45) is 5.41 Å². The summed E-state index contributed by atoms with van der Waals surface area (Å²) >= 11 is 0. The first kappa shape index (κ1) is 43.8. The van der Waals surface area contributed by atoms with Gasteiger partial charge in [-0.2, -0.15) is 0 Å². The van der Waals surface area contributed by atoms with E-state index in [1.807, 2.05) is 27.7 Å². The molecule has 4 nitrogen and oxygen atoms in total. The molecule has 0 fully saturated rings. The molecule has 0 saturated heterocycles. The first-order valence-electron chi connectivity index (χ1n) is 17.0. The largest absolute Gasteiger partial charge is 0.389 e. The van der Waals surface area contributed by atoms with Gasteiger partial charge in [0.15, 0.2) is 0 Å². The Hall–Kier alpha value is -1.68. The minimum Gasteiger partial charge on any atom is -0.389 e. The van der Waals surface area contributed by atoms with Gasteiger partial charge in [-0.25, -0.2) is 0 Å². The summed E-state index contributed by atoms with van der Waals surface area (Å²) in [5.41, 5.74) is 4.92. The predicted octanol–water partition coefficient (Wildman–Crippen LogP) is 10.8. The highest BCUT2D eigenvalue weighted by Crippen LogP contribution is 2.38. The van der Waals surface area contributed by atoms with Crippen molar-refractivity contribution in [1.82, 2.24) is 16.0 Å². The van der Waals surface area contributed by atoms with Gasteiger partial charge >= 0.3 is 0 Å². The van der Waals surface area contributed by atoms with Crippen LogP contribution in [0.4, 0.5) is 0 Å². The molecule has 0 aromatic carbocycles. The topological polar surface area (TPSA) is 45.3 Å². The summed E-state index contributed by atoms with van der Waals surface area (Å²) in [6.45, 7) is 40.1. The zero-order valence-corrected chi connectivity index (χ0v) is 29.7. The summed E-state index contributed by atoms with van der Waals surface area (Å²) < 4.78 is 6.40. The lowest BCUT2D eigenvalue weighted by molar-refractivity contribution is 0.0229. The van der Waals surface area contributed by atoms with E-state index >= 15 is 0 Å². The summed E-state index contributed by atoms with van der Waals surface area (Å²) in [6, 6.07) is 0.863. The number of rotatable bonds is 26. The number of hydrogen-bond acceptors (Lipinski definition) is 4. The molecule has 1 unspecified atom stereocenters. The molecule has 41 heavy (non-hydrogen) atoms. The zero-order valence-electron chi connectivity index (χ0n) is 29.7. The van der Waals surface area contributed by atoms with E-state index in [0.29, 0.717) is 12.1 Å². The Morgan fingerprint density at radius 1 is 0.634 bits per heavy atom. The highest BCUT2D eigenvalue weighted by Gasteiger charge is 2.29. The van der Waals surface area contributed by atoms with E-state index in [-0.39, 0.29) is 5.41 Å². The van der Waals surface area contributed by atoms with Gasteiger partial charge in [0.2, 0.25) is 0 Å². The van der Waals surface area contributed by atoms with Crippen molar-refractivity contribution in [1.29, 1.82) is 0 Å². The van der Waals surface area contributed by atoms with Crippen LogP contribution in [0.3, 0.4) is 0 Å². The van der Waals surface area contributed by atoms with Crippen LogP contribution in [0, 0.1) is 5.41 Å². The molecule has 0 spiro atoms. The van der Waals surface area contributed by atoms with Crippen molar-refractivity contribution >= 4 is 0 Å². The monoisotopic (exact) mass is 578 g/mol. The van der Waals surface area contributed by atoms with Gasteiger partial charge < -0.3 is 20.7 Å². The SMILES string of the molecule is C=C(C)CCCCC(CCCCC(=C)NCC)(CCCCC(=C)NC(C)C)COCCC(=C)NC(C)C.CC.CC. The highest BCUT2D eigenvalue weighted by atomic mass is 16.5. The van der Waals surface area contributed by atoms with E-state index in [0.717, 1.165) is 62.5 Å². The van der Waals surface area contributed by atoms with Crippen molar-refractivity contribution < 1.29 is 4.74 Å². The Labute approximate surface area is 259 Å². The Bertz CT molecular complexity index is 621. The van der Waals surface area contributed by atoms with Crippen molar-refractivity contribution in [3.8, 4) is 0 Å². The van der Waals surface area contributed by atoms with Gasteiger partial charge in [-0.15, -0.1) is 6.58 Å². The number of hydrogen-bond donors (Lipinski definition) is 3. The lowest BCUT2D eigenvalue weighted by Crippen LogP contribution is -2.29. The van der Waals surface area contributed by atoms with E-state index in [1.165, 1.54) is 63.4 Å². The standard InChI is InChI=1S/C33H63N3O.2C2H6/c1-11-34-30(8)19-13-16-23-33(22-15-12-18-27(2)3,24-17-14-20-31(9)35-28(4)5)26-37-25-21-32(10)36-29(6)7;2*1-2/h28-29,34-36H,2,8-26H2,1,3-7H3;2*1-2H3. The molecule has 0 aliphatic heterocycles. The number of nitrogens with one attached hydrogen (secondary N) is 3. The molecule has 0 aromatic rings. The Morgan fingerprint density at radius 3 is 1.46 bits per heavy atom. The van der Waals surface area contributed by atoms with Gasteiger partial charge in [0, 0.05) is 42.1 Å². The summed E-state index contributed by atoms with van der Waals surface area (Å²) in [4.78, 5) is 0. The first-order valence-corrected chi connectivity index (χ1v) is 17.0. The Kier molecular flexibility index (Phi) is 31.8. The number of unbranched alkanes of at least 4 members (excludes halogenated alkanes) is 3. The predicted molar refractivity (Wildman–Crippen MR) is 188 cm³/mol. The smallest absolute Gasteiger partial charge is 0.0522 e. The fourth-order valence-electron chi connectivity index (χ4n) is 4.98. The average molecular weight is 578 g/mol. The quantitative estimate of drug-likeness (QED) is 0.0706. The van der Waals surface area contributed by atoms with Crippen LogP contribution in [0.1, 0.15) is 153 Å². The van der Waals surface area contributed by atoms with Crippen molar-refractivity contribution in [3.05, 3.63) is 49.0 Å². The molecule has 3 N–H and O–H groups in total. The fourth-order valence-corrected chi connectivity index (χ4v) is 4.98. The zero-order chi connectivity index (χ0) is 32.1. The summed E-state index contributed by atoms with van der Waals surface area (Å²) in [7, 11) is 0. The van der Waals surface area contributed by atoms with E-state index < -0.39 is 0 Å². The lowest BCUT2D eigenvalue weighted by atomic mass is 9.74. The third-order valence-electron chi connectivity index (χ3n) is 6.80. The van der Waals surface area contributed by atoms with Crippen LogP contribution < -0.4 is 16.0 Å². The normalized spacial score (nSPS) is 11.9. The van der Waals surface area contributed by atoms with Gasteiger partial charge in [-0.3, -0.25) is 0 Å². The molecule has 0 bridgehead atoms. The molecule has 0 aliphatic rings. The number of allylic oxidation sites excluding steroid dienone is 3. The summed E-state index contributed by atoms with van der Waals surface area (Å²) in [5.74, 6) is 0. The maximum absolute atomic E-state index is 6.40. The second-order valence-electron chi connectivity index (χ2n) is 11.8. The molecular formula is C37H75N3O. The molecule has 0 radical (unpaired) electrons. The van der Waals surface area contributed by atoms with Crippen molar-refractivity contribution in [3.63, 3.8) is 0 Å².